The van der Waals surface area contributed by atoms with Crippen LogP contribution in [0.25, 0.3) is 0 Å². The first kappa shape index (κ1) is 16.4. The number of carbonyl (C=O) groups is 1. The minimum absolute atomic E-state index is 0.0147. The summed E-state index contributed by atoms with van der Waals surface area (Å²) in [5.74, 6) is -0.579. The van der Waals surface area contributed by atoms with Gasteiger partial charge in [-0.1, -0.05) is 26.0 Å². The number of rotatable bonds is 6. The molecular weight excluding hydrogens is 274 g/mol. The number of benzene rings is 1. The first-order chi connectivity index (χ1) is 9.80. The number of nitrogens with zero attached hydrogens (tertiary/aromatic N) is 2. The summed E-state index contributed by atoms with van der Waals surface area (Å²) >= 11 is 0. The number of nitro benzene ring substituents is 1. The van der Waals surface area contributed by atoms with Crippen LogP contribution >= 0.6 is 0 Å². The van der Waals surface area contributed by atoms with E-state index < -0.39 is 23.0 Å². The molecule has 1 aromatic carbocycles. The van der Waals surface area contributed by atoms with Crippen LogP contribution in [0.2, 0.25) is 0 Å². The van der Waals surface area contributed by atoms with Crippen molar-refractivity contribution in [3.63, 3.8) is 0 Å². The fraction of sp³-hybridized carbons (Fsp3) is 0.429. The van der Waals surface area contributed by atoms with Crippen molar-refractivity contribution in [2.24, 2.45) is 5.92 Å². The predicted octanol–water partition coefficient (Wildman–Crippen LogP) is 2.03. The summed E-state index contributed by atoms with van der Waals surface area (Å²) in [7, 11) is 0. The molecule has 7 nitrogen and oxygen atoms in total. The van der Waals surface area contributed by atoms with Crippen molar-refractivity contribution in [1.29, 1.82) is 5.26 Å². The third kappa shape index (κ3) is 4.18. The highest BCUT2D eigenvalue weighted by atomic mass is 16.6. The summed E-state index contributed by atoms with van der Waals surface area (Å²) in [6.45, 7) is 4.84. The molecule has 0 aliphatic rings. The standard InChI is InChI=1S/C14H17N3O4/c1-10(2)14(3,9-15)16-13(18)8-21-12-7-5-4-6-11(12)17(19)20/h4-7,10H,8H2,1-3H3,(H,16,18). The van der Waals surface area contributed by atoms with Gasteiger partial charge < -0.3 is 10.1 Å². The fourth-order valence-corrected chi connectivity index (χ4v) is 1.50. The van der Waals surface area contributed by atoms with E-state index in [4.69, 9.17) is 10.00 Å². The van der Waals surface area contributed by atoms with Crippen LogP contribution in [0, 0.1) is 27.4 Å². The second-order valence-corrected chi connectivity index (χ2v) is 5.03. The zero-order valence-corrected chi connectivity index (χ0v) is 12.1. The van der Waals surface area contributed by atoms with Crippen molar-refractivity contribution in [3.05, 3.63) is 34.4 Å². The Morgan fingerprint density at radius 2 is 2.14 bits per heavy atom. The van der Waals surface area contributed by atoms with Gasteiger partial charge in [-0.2, -0.15) is 5.26 Å². The Balaban J connectivity index is 2.71. The lowest BCUT2D eigenvalue weighted by Crippen LogP contribution is -2.50. The second kappa shape index (κ2) is 6.70. The van der Waals surface area contributed by atoms with E-state index in [0.29, 0.717) is 0 Å². The average molecular weight is 291 g/mol. The molecule has 0 bridgehead atoms. The Morgan fingerprint density at radius 3 is 2.67 bits per heavy atom. The number of ether oxygens (including phenoxy) is 1. The minimum Gasteiger partial charge on any atom is -0.477 e. The van der Waals surface area contributed by atoms with Gasteiger partial charge >= 0.3 is 5.69 Å². The van der Waals surface area contributed by atoms with Crippen LogP contribution < -0.4 is 10.1 Å². The molecule has 7 heteroatoms. The average Bonchev–Trinajstić information content (AvgIpc) is 2.44. The molecule has 0 aromatic heterocycles. The quantitative estimate of drug-likeness (QED) is 0.637. The smallest absolute Gasteiger partial charge is 0.310 e. The van der Waals surface area contributed by atoms with Gasteiger partial charge in [0.2, 0.25) is 0 Å². The summed E-state index contributed by atoms with van der Waals surface area (Å²) in [6, 6.07) is 7.83. The fourth-order valence-electron chi connectivity index (χ4n) is 1.50. The third-order valence-corrected chi connectivity index (χ3v) is 3.21. The van der Waals surface area contributed by atoms with Crippen LogP contribution in [0.3, 0.4) is 0 Å². The first-order valence-electron chi connectivity index (χ1n) is 6.38. The molecular formula is C14H17N3O4. The maximum Gasteiger partial charge on any atom is 0.310 e. The van der Waals surface area contributed by atoms with Gasteiger partial charge in [0.1, 0.15) is 5.54 Å². The Labute approximate surface area is 122 Å². The maximum absolute atomic E-state index is 11.8. The lowest BCUT2D eigenvalue weighted by molar-refractivity contribution is -0.385. The molecule has 21 heavy (non-hydrogen) atoms. The zero-order valence-electron chi connectivity index (χ0n) is 12.1. The molecule has 0 heterocycles. The molecule has 1 unspecified atom stereocenters. The minimum atomic E-state index is -1.01. The molecule has 0 fully saturated rings. The van der Waals surface area contributed by atoms with Crippen LogP contribution in [0.1, 0.15) is 20.8 Å². The van der Waals surface area contributed by atoms with E-state index in [9.17, 15) is 14.9 Å². The van der Waals surface area contributed by atoms with Crippen LogP contribution in [0.4, 0.5) is 5.69 Å². The second-order valence-electron chi connectivity index (χ2n) is 5.03. The Kier molecular flexibility index (Phi) is 5.24. The van der Waals surface area contributed by atoms with Crippen molar-refractivity contribution < 1.29 is 14.5 Å². The SMILES string of the molecule is CC(C)C(C)(C#N)NC(=O)COc1ccccc1[N+](=O)[O-]. The van der Waals surface area contributed by atoms with E-state index in [2.05, 4.69) is 5.32 Å². The number of hydrogen-bond donors (Lipinski definition) is 1. The summed E-state index contributed by atoms with van der Waals surface area (Å²) < 4.78 is 5.17. The normalized spacial score (nSPS) is 13.1. The zero-order chi connectivity index (χ0) is 16.0. The van der Waals surface area contributed by atoms with Crippen LogP contribution in [0.5, 0.6) is 5.75 Å². The molecule has 1 N–H and O–H groups in total. The Bertz CT molecular complexity index is 580. The van der Waals surface area contributed by atoms with Gasteiger partial charge in [-0.25, -0.2) is 0 Å². The number of hydrogen-bond acceptors (Lipinski definition) is 5. The summed E-state index contributed by atoms with van der Waals surface area (Å²) in [6.07, 6.45) is 0. The van der Waals surface area contributed by atoms with E-state index >= 15 is 0 Å². The topological polar surface area (TPSA) is 105 Å². The molecule has 0 aliphatic heterocycles. The van der Waals surface area contributed by atoms with Gasteiger partial charge in [-0.15, -0.1) is 0 Å². The van der Waals surface area contributed by atoms with Gasteiger partial charge in [-0.05, 0) is 18.9 Å². The molecule has 112 valence electrons. The molecule has 1 atom stereocenters. The Hall–Kier alpha value is -2.62. The monoisotopic (exact) mass is 291 g/mol. The Morgan fingerprint density at radius 1 is 1.52 bits per heavy atom. The van der Waals surface area contributed by atoms with Gasteiger partial charge in [0.25, 0.3) is 5.91 Å². The highest BCUT2D eigenvalue weighted by Crippen LogP contribution is 2.25. The van der Waals surface area contributed by atoms with E-state index in [1.165, 1.54) is 18.2 Å². The number of carbonyl (C=O) groups excluding carboxylic acids is 1. The van der Waals surface area contributed by atoms with Crippen molar-refractivity contribution in [2.75, 3.05) is 6.61 Å². The first-order valence-corrected chi connectivity index (χ1v) is 6.38. The molecule has 0 spiro atoms. The van der Waals surface area contributed by atoms with Gasteiger partial charge in [0, 0.05) is 6.07 Å². The molecule has 1 aromatic rings. The summed E-state index contributed by atoms with van der Waals surface area (Å²) in [4.78, 5) is 22.0. The highest BCUT2D eigenvalue weighted by molar-refractivity contribution is 5.79. The molecule has 0 saturated carbocycles. The summed E-state index contributed by atoms with van der Waals surface area (Å²) in [5, 5.41) is 22.5. The van der Waals surface area contributed by atoms with E-state index in [-0.39, 0.29) is 17.4 Å². The molecule has 0 aliphatic carbocycles. The number of nitro groups is 1. The molecule has 1 amide bonds. The van der Waals surface area contributed by atoms with Crippen LogP contribution in [0.15, 0.2) is 24.3 Å². The van der Waals surface area contributed by atoms with E-state index in [0.717, 1.165) is 0 Å². The molecule has 1 rings (SSSR count). The number of nitrogens with one attached hydrogen (secondary N) is 1. The summed E-state index contributed by atoms with van der Waals surface area (Å²) in [5.41, 5.74) is -1.22. The van der Waals surface area contributed by atoms with Gasteiger partial charge in [0.05, 0.1) is 11.0 Å². The largest absolute Gasteiger partial charge is 0.477 e. The van der Waals surface area contributed by atoms with E-state index in [1.54, 1.807) is 13.0 Å². The van der Waals surface area contributed by atoms with Gasteiger partial charge in [-0.3, -0.25) is 14.9 Å². The van der Waals surface area contributed by atoms with Crippen LogP contribution in [-0.4, -0.2) is 23.0 Å². The molecule has 0 radical (unpaired) electrons. The lowest BCUT2D eigenvalue weighted by atomic mass is 9.90. The van der Waals surface area contributed by atoms with Crippen molar-refractivity contribution in [3.8, 4) is 11.8 Å². The van der Waals surface area contributed by atoms with Crippen molar-refractivity contribution >= 4 is 11.6 Å². The van der Waals surface area contributed by atoms with Gasteiger partial charge in [0.15, 0.2) is 12.4 Å². The lowest BCUT2D eigenvalue weighted by Gasteiger charge is -2.27. The van der Waals surface area contributed by atoms with Crippen molar-refractivity contribution in [1.82, 2.24) is 5.32 Å². The van der Waals surface area contributed by atoms with Crippen molar-refractivity contribution in [2.45, 2.75) is 26.3 Å². The number of amides is 1. The maximum atomic E-state index is 11.8. The predicted molar refractivity (Wildman–Crippen MR) is 75.6 cm³/mol. The molecule has 0 saturated heterocycles. The van der Waals surface area contributed by atoms with Crippen LogP contribution in [-0.2, 0) is 4.79 Å². The third-order valence-electron chi connectivity index (χ3n) is 3.21. The van der Waals surface area contributed by atoms with E-state index in [1.807, 2.05) is 19.9 Å². The number of nitriles is 1. The highest BCUT2D eigenvalue weighted by Gasteiger charge is 2.30. The number of para-hydroxylation sites is 2.